The molecule has 3 rings (SSSR count). The highest BCUT2D eigenvalue weighted by Crippen LogP contribution is 2.26. The van der Waals surface area contributed by atoms with E-state index < -0.39 is 0 Å². The number of hydrogen-bond acceptors (Lipinski definition) is 3. The van der Waals surface area contributed by atoms with Crippen LogP contribution < -0.4 is 5.32 Å². The second kappa shape index (κ2) is 7.07. The van der Waals surface area contributed by atoms with E-state index in [-0.39, 0.29) is 0 Å². The normalized spacial score (nSPS) is 21.6. The molecule has 0 radical (unpaired) electrons. The van der Waals surface area contributed by atoms with Gasteiger partial charge in [-0.2, -0.15) is 0 Å². The summed E-state index contributed by atoms with van der Waals surface area (Å²) in [5.74, 6) is 2.67. The van der Waals surface area contributed by atoms with Crippen molar-refractivity contribution in [3.05, 3.63) is 18.2 Å². The summed E-state index contributed by atoms with van der Waals surface area (Å²) in [7, 11) is 0. The Hall–Kier alpha value is -1.36. The fourth-order valence-corrected chi connectivity index (χ4v) is 3.56. The molecule has 0 unspecified atom stereocenters. The first-order chi connectivity index (χ1) is 10.3. The van der Waals surface area contributed by atoms with Crippen LogP contribution in [0.25, 0.3) is 0 Å². The average molecular weight is 290 g/mol. The van der Waals surface area contributed by atoms with Crippen LogP contribution in [-0.4, -0.2) is 47.0 Å². The number of hydrogen-bond donors (Lipinski definition) is 2. The van der Waals surface area contributed by atoms with Crippen LogP contribution in [0.3, 0.4) is 0 Å². The third kappa shape index (κ3) is 3.84. The van der Waals surface area contributed by atoms with Gasteiger partial charge in [0, 0.05) is 37.8 Å². The summed E-state index contributed by atoms with van der Waals surface area (Å²) in [6.07, 6.45) is 10.0. The highest BCUT2D eigenvalue weighted by molar-refractivity contribution is 5.76. The first-order valence-electron chi connectivity index (χ1n) is 8.30. The molecule has 1 aromatic rings. The maximum atomic E-state index is 12.3. The number of rotatable bonds is 4. The summed E-state index contributed by atoms with van der Waals surface area (Å²) in [6.45, 7) is 4.01. The number of carbonyl (C=O) groups excluding carboxylic acids is 1. The molecular formula is C16H26N4O. The molecule has 0 aliphatic carbocycles. The third-order valence-corrected chi connectivity index (χ3v) is 4.98. The van der Waals surface area contributed by atoms with E-state index in [0.717, 1.165) is 63.6 Å². The molecule has 2 N–H and O–H groups in total. The Morgan fingerprint density at radius 2 is 2.00 bits per heavy atom. The van der Waals surface area contributed by atoms with Crippen molar-refractivity contribution in [3.8, 4) is 0 Å². The van der Waals surface area contributed by atoms with Crippen LogP contribution in [0.2, 0.25) is 0 Å². The van der Waals surface area contributed by atoms with Gasteiger partial charge in [0.05, 0.1) is 0 Å². The molecular weight excluding hydrogens is 264 g/mol. The lowest BCUT2D eigenvalue weighted by Gasteiger charge is -2.32. The van der Waals surface area contributed by atoms with E-state index in [2.05, 4.69) is 20.2 Å². The first kappa shape index (κ1) is 14.6. The minimum atomic E-state index is 0.353. The summed E-state index contributed by atoms with van der Waals surface area (Å²) in [4.78, 5) is 21.9. The molecule has 3 heterocycles. The average Bonchev–Trinajstić information content (AvgIpc) is 3.08. The van der Waals surface area contributed by atoms with Crippen LogP contribution in [0.4, 0.5) is 0 Å². The topological polar surface area (TPSA) is 61.0 Å². The largest absolute Gasteiger partial charge is 0.348 e. The zero-order valence-electron chi connectivity index (χ0n) is 12.7. The van der Waals surface area contributed by atoms with Gasteiger partial charge in [0.1, 0.15) is 5.82 Å². The van der Waals surface area contributed by atoms with Crippen molar-refractivity contribution < 1.29 is 4.79 Å². The SMILES string of the molecule is O=C(CCC1CCNCC1)N1CCC(c2ncc[nH]2)CC1. The van der Waals surface area contributed by atoms with E-state index in [4.69, 9.17) is 0 Å². The van der Waals surface area contributed by atoms with Gasteiger partial charge in [-0.3, -0.25) is 4.79 Å². The lowest BCUT2D eigenvalue weighted by atomic mass is 9.92. The van der Waals surface area contributed by atoms with Crippen LogP contribution in [0.5, 0.6) is 0 Å². The highest BCUT2D eigenvalue weighted by Gasteiger charge is 2.25. The lowest BCUT2D eigenvalue weighted by Crippen LogP contribution is -2.38. The van der Waals surface area contributed by atoms with Crippen molar-refractivity contribution in [2.75, 3.05) is 26.2 Å². The van der Waals surface area contributed by atoms with E-state index in [9.17, 15) is 4.79 Å². The molecule has 116 valence electrons. The van der Waals surface area contributed by atoms with Gasteiger partial charge in [-0.1, -0.05) is 0 Å². The minimum absolute atomic E-state index is 0.353. The Bertz CT molecular complexity index is 431. The smallest absolute Gasteiger partial charge is 0.222 e. The Morgan fingerprint density at radius 1 is 1.24 bits per heavy atom. The van der Waals surface area contributed by atoms with Gasteiger partial charge in [-0.05, 0) is 51.1 Å². The van der Waals surface area contributed by atoms with E-state index in [0.29, 0.717) is 11.8 Å². The summed E-state index contributed by atoms with van der Waals surface area (Å²) in [5, 5.41) is 3.38. The highest BCUT2D eigenvalue weighted by atomic mass is 16.2. The number of nitrogens with one attached hydrogen (secondary N) is 2. The molecule has 0 bridgehead atoms. The number of likely N-dealkylation sites (tertiary alicyclic amines) is 1. The van der Waals surface area contributed by atoms with Crippen LogP contribution in [0.15, 0.2) is 12.4 Å². The fourth-order valence-electron chi connectivity index (χ4n) is 3.56. The molecule has 0 saturated carbocycles. The van der Waals surface area contributed by atoms with E-state index >= 15 is 0 Å². The molecule has 2 aliphatic heterocycles. The number of H-pyrrole nitrogens is 1. The number of aromatic amines is 1. The molecule has 5 heteroatoms. The second-order valence-electron chi connectivity index (χ2n) is 6.36. The molecule has 0 spiro atoms. The van der Waals surface area contributed by atoms with E-state index in [1.54, 1.807) is 0 Å². The monoisotopic (exact) mass is 290 g/mol. The Balaban J connectivity index is 1.40. The Kier molecular flexibility index (Phi) is 4.91. The quantitative estimate of drug-likeness (QED) is 0.890. The zero-order chi connectivity index (χ0) is 14.5. The number of imidazole rings is 1. The molecule has 2 saturated heterocycles. The van der Waals surface area contributed by atoms with Gasteiger partial charge in [0.2, 0.25) is 5.91 Å². The molecule has 2 aliphatic rings. The van der Waals surface area contributed by atoms with Crippen molar-refractivity contribution in [2.45, 2.75) is 44.4 Å². The summed E-state index contributed by atoms with van der Waals surface area (Å²) in [6, 6.07) is 0. The molecule has 2 fully saturated rings. The summed E-state index contributed by atoms with van der Waals surface area (Å²) >= 11 is 0. The zero-order valence-corrected chi connectivity index (χ0v) is 12.7. The van der Waals surface area contributed by atoms with Crippen LogP contribution >= 0.6 is 0 Å². The van der Waals surface area contributed by atoms with Crippen LogP contribution in [-0.2, 0) is 4.79 Å². The van der Waals surface area contributed by atoms with Gasteiger partial charge in [-0.15, -0.1) is 0 Å². The molecule has 21 heavy (non-hydrogen) atoms. The van der Waals surface area contributed by atoms with Crippen molar-refractivity contribution in [1.29, 1.82) is 0 Å². The van der Waals surface area contributed by atoms with Crippen molar-refractivity contribution in [1.82, 2.24) is 20.2 Å². The van der Waals surface area contributed by atoms with Gasteiger partial charge in [-0.25, -0.2) is 4.98 Å². The molecule has 1 aromatic heterocycles. The molecule has 0 atom stereocenters. The van der Waals surface area contributed by atoms with Crippen molar-refractivity contribution in [2.24, 2.45) is 5.92 Å². The van der Waals surface area contributed by atoms with E-state index in [1.165, 1.54) is 12.8 Å². The maximum absolute atomic E-state index is 12.3. The molecule has 0 aromatic carbocycles. The predicted octanol–water partition coefficient (Wildman–Crippen LogP) is 1.90. The van der Waals surface area contributed by atoms with Gasteiger partial charge >= 0.3 is 0 Å². The number of nitrogens with zero attached hydrogens (tertiary/aromatic N) is 2. The first-order valence-corrected chi connectivity index (χ1v) is 8.30. The summed E-state index contributed by atoms with van der Waals surface area (Å²) < 4.78 is 0. The Morgan fingerprint density at radius 3 is 2.67 bits per heavy atom. The minimum Gasteiger partial charge on any atom is -0.348 e. The summed E-state index contributed by atoms with van der Waals surface area (Å²) in [5.41, 5.74) is 0. The van der Waals surface area contributed by atoms with Crippen molar-refractivity contribution in [3.63, 3.8) is 0 Å². The number of carbonyl (C=O) groups is 1. The lowest BCUT2D eigenvalue weighted by molar-refractivity contribution is -0.132. The number of amides is 1. The standard InChI is InChI=1S/C16H26N4O/c21-15(2-1-13-3-7-17-8-4-13)20-11-5-14(6-12-20)16-18-9-10-19-16/h9-10,13-14,17H,1-8,11-12H2,(H,18,19). The van der Waals surface area contributed by atoms with Gasteiger partial charge in [0.15, 0.2) is 0 Å². The predicted molar refractivity (Wildman–Crippen MR) is 82.0 cm³/mol. The van der Waals surface area contributed by atoms with Gasteiger partial charge in [0.25, 0.3) is 0 Å². The van der Waals surface area contributed by atoms with Crippen molar-refractivity contribution >= 4 is 5.91 Å². The fraction of sp³-hybridized carbons (Fsp3) is 0.750. The van der Waals surface area contributed by atoms with Gasteiger partial charge < -0.3 is 15.2 Å². The number of aromatic nitrogens is 2. The number of piperidine rings is 2. The molecule has 1 amide bonds. The maximum Gasteiger partial charge on any atom is 0.222 e. The van der Waals surface area contributed by atoms with E-state index in [1.807, 2.05) is 12.4 Å². The molecule has 5 nitrogen and oxygen atoms in total. The van der Waals surface area contributed by atoms with Crippen LogP contribution in [0.1, 0.15) is 50.3 Å². The van der Waals surface area contributed by atoms with Crippen LogP contribution in [0, 0.1) is 5.92 Å². The Labute approximate surface area is 126 Å². The second-order valence-corrected chi connectivity index (χ2v) is 6.36. The third-order valence-electron chi connectivity index (χ3n) is 4.98.